The summed E-state index contributed by atoms with van der Waals surface area (Å²) in [7, 11) is 1.55. The third-order valence-corrected chi connectivity index (χ3v) is 4.87. The van der Waals surface area contributed by atoms with E-state index >= 15 is 0 Å². The quantitative estimate of drug-likeness (QED) is 0.662. The van der Waals surface area contributed by atoms with Crippen LogP contribution >= 0.6 is 22.9 Å². The predicted molar refractivity (Wildman–Crippen MR) is 102 cm³/mol. The third-order valence-electron chi connectivity index (χ3n) is 3.66. The van der Waals surface area contributed by atoms with Gasteiger partial charge in [0.15, 0.2) is 0 Å². The number of carbonyl (C=O) groups excluding carboxylic acids is 1. The van der Waals surface area contributed by atoms with Crippen molar-refractivity contribution in [1.82, 2.24) is 4.98 Å². The maximum Gasteiger partial charge on any atom is 0.230 e. The Morgan fingerprint density at radius 2 is 2.04 bits per heavy atom. The van der Waals surface area contributed by atoms with Crippen molar-refractivity contribution in [3.8, 4) is 5.75 Å². The highest BCUT2D eigenvalue weighted by Gasteiger charge is 2.11. The van der Waals surface area contributed by atoms with Crippen LogP contribution in [0.5, 0.6) is 5.75 Å². The molecule has 3 rings (SSSR count). The molecule has 1 aromatic heterocycles. The number of aromatic nitrogens is 1. The molecule has 0 fully saturated rings. The van der Waals surface area contributed by atoms with Crippen LogP contribution < -0.4 is 10.1 Å². The fourth-order valence-corrected chi connectivity index (χ4v) is 3.42. The average Bonchev–Trinajstić information content (AvgIpc) is 3.05. The normalized spacial score (nSPS) is 10.6. The highest BCUT2D eigenvalue weighted by Crippen LogP contribution is 2.26. The molecule has 7 heteroatoms. The number of rotatable bonds is 6. The van der Waals surface area contributed by atoms with E-state index < -0.39 is 0 Å². The number of benzene rings is 2. The van der Waals surface area contributed by atoms with Crippen molar-refractivity contribution < 1.29 is 13.9 Å². The van der Waals surface area contributed by atoms with Crippen molar-refractivity contribution in [2.24, 2.45) is 0 Å². The van der Waals surface area contributed by atoms with Gasteiger partial charge < -0.3 is 10.1 Å². The Balaban J connectivity index is 1.60. The van der Waals surface area contributed by atoms with Gasteiger partial charge in [0, 0.05) is 17.9 Å². The van der Waals surface area contributed by atoms with Crippen LogP contribution in [0.2, 0.25) is 5.02 Å². The molecular formula is C19H16ClFN2O2S. The van der Waals surface area contributed by atoms with Gasteiger partial charge in [0.1, 0.15) is 11.6 Å². The van der Waals surface area contributed by atoms with Crippen molar-refractivity contribution in [1.29, 1.82) is 0 Å². The summed E-state index contributed by atoms with van der Waals surface area (Å²) in [6.45, 7) is 0. The van der Waals surface area contributed by atoms with Crippen LogP contribution in [0.3, 0.4) is 0 Å². The second kappa shape index (κ2) is 8.29. The highest BCUT2D eigenvalue weighted by molar-refractivity contribution is 7.09. The molecule has 0 bridgehead atoms. The number of methoxy groups -OCH3 is 1. The number of thiazole rings is 1. The van der Waals surface area contributed by atoms with Crippen LogP contribution in [0.15, 0.2) is 47.8 Å². The Bertz CT molecular complexity index is 912. The number of anilines is 1. The Morgan fingerprint density at radius 3 is 2.73 bits per heavy atom. The van der Waals surface area contributed by atoms with Gasteiger partial charge in [0.25, 0.3) is 0 Å². The van der Waals surface area contributed by atoms with Gasteiger partial charge in [-0.05, 0) is 29.8 Å². The minimum Gasteiger partial charge on any atom is -0.497 e. The van der Waals surface area contributed by atoms with E-state index in [0.29, 0.717) is 28.6 Å². The molecule has 4 nitrogen and oxygen atoms in total. The fourth-order valence-electron chi connectivity index (χ4n) is 2.37. The molecule has 1 N–H and O–H groups in total. The lowest BCUT2D eigenvalue weighted by atomic mass is 10.1. The summed E-state index contributed by atoms with van der Waals surface area (Å²) >= 11 is 7.60. The molecule has 0 radical (unpaired) electrons. The first-order valence-electron chi connectivity index (χ1n) is 7.84. The number of nitrogens with one attached hydrogen (secondary N) is 1. The van der Waals surface area contributed by atoms with Crippen molar-refractivity contribution >= 4 is 34.5 Å². The van der Waals surface area contributed by atoms with Crippen LogP contribution in [0, 0.1) is 5.82 Å². The van der Waals surface area contributed by atoms with Crippen LogP contribution in [0.1, 0.15) is 16.3 Å². The number of ether oxygens (including phenoxy) is 1. The zero-order valence-electron chi connectivity index (χ0n) is 14.0. The number of nitrogens with zero attached hydrogens (tertiary/aromatic N) is 1. The molecule has 3 aromatic rings. The fraction of sp³-hybridized carbons (Fsp3) is 0.158. The lowest BCUT2D eigenvalue weighted by Crippen LogP contribution is -2.15. The molecule has 0 aliphatic rings. The summed E-state index contributed by atoms with van der Waals surface area (Å²) in [5.74, 6) is 0.163. The monoisotopic (exact) mass is 390 g/mol. The zero-order chi connectivity index (χ0) is 18.5. The molecule has 0 saturated heterocycles. The minimum atomic E-state index is -0.262. The van der Waals surface area contributed by atoms with Gasteiger partial charge in [-0.2, -0.15) is 0 Å². The Hall–Kier alpha value is -2.44. The Labute approximate surface area is 159 Å². The van der Waals surface area contributed by atoms with Crippen molar-refractivity contribution in [3.05, 3.63) is 74.9 Å². The van der Waals surface area contributed by atoms with E-state index in [2.05, 4.69) is 10.3 Å². The summed E-state index contributed by atoms with van der Waals surface area (Å²) < 4.78 is 18.0. The molecule has 0 aliphatic heterocycles. The van der Waals surface area contributed by atoms with Crippen molar-refractivity contribution in [3.63, 3.8) is 0 Å². The van der Waals surface area contributed by atoms with E-state index in [1.165, 1.54) is 23.5 Å². The summed E-state index contributed by atoms with van der Waals surface area (Å²) in [5, 5.41) is 5.91. The first kappa shape index (κ1) is 18.4. The topological polar surface area (TPSA) is 51.2 Å². The van der Waals surface area contributed by atoms with E-state index in [1.807, 2.05) is 5.38 Å². The van der Waals surface area contributed by atoms with Crippen molar-refractivity contribution in [2.45, 2.75) is 12.8 Å². The molecule has 1 heterocycles. The lowest BCUT2D eigenvalue weighted by molar-refractivity contribution is -0.115. The van der Waals surface area contributed by atoms with E-state index in [0.717, 1.165) is 10.6 Å². The predicted octanol–water partition coefficient (Wildman–Crippen LogP) is 4.72. The third kappa shape index (κ3) is 4.80. The van der Waals surface area contributed by atoms with Gasteiger partial charge in [-0.25, -0.2) is 9.37 Å². The number of halogens is 2. The van der Waals surface area contributed by atoms with E-state index in [4.69, 9.17) is 16.3 Å². The first-order chi connectivity index (χ1) is 12.5. The summed E-state index contributed by atoms with van der Waals surface area (Å²) in [6, 6.07) is 11.4. The summed E-state index contributed by atoms with van der Waals surface area (Å²) in [4.78, 5) is 16.7. The smallest absolute Gasteiger partial charge is 0.230 e. The number of carbonyl (C=O) groups is 1. The maximum atomic E-state index is 12.9. The molecule has 0 atom stereocenters. The number of hydrogen-bond acceptors (Lipinski definition) is 4. The molecular weight excluding hydrogens is 375 g/mol. The number of hydrogen-bond donors (Lipinski definition) is 1. The van der Waals surface area contributed by atoms with Crippen LogP contribution in [-0.2, 0) is 17.6 Å². The average molecular weight is 391 g/mol. The standard InChI is InChI=1S/C19H16ClFN2O2S/c1-25-15-6-7-17(16(20)10-15)23-18(24)9-14-11-26-19(22-14)8-12-2-4-13(21)5-3-12/h2-7,10-11H,8-9H2,1H3,(H,23,24). The molecule has 0 unspecified atom stereocenters. The van der Waals surface area contributed by atoms with Crippen LogP contribution in [-0.4, -0.2) is 18.0 Å². The second-order valence-electron chi connectivity index (χ2n) is 5.61. The molecule has 2 aromatic carbocycles. The minimum absolute atomic E-state index is 0.155. The van der Waals surface area contributed by atoms with Crippen LogP contribution in [0.4, 0.5) is 10.1 Å². The van der Waals surface area contributed by atoms with Gasteiger partial charge in [0.2, 0.25) is 5.91 Å². The van der Waals surface area contributed by atoms with E-state index in [9.17, 15) is 9.18 Å². The first-order valence-corrected chi connectivity index (χ1v) is 9.10. The van der Waals surface area contributed by atoms with Gasteiger partial charge >= 0.3 is 0 Å². The lowest BCUT2D eigenvalue weighted by Gasteiger charge is -2.08. The molecule has 0 spiro atoms. The van der Waals surface area contributed by atoms with Gasteiger partial charge in [-0.15, -0.1) is 11.3 Å². The molecule has 0 aliphatic carbocycles. The molecule has 1 amide bonds. The van der Waals surface area contributed by atoms with Crippen LogP contribution in [0.25, 0.3) is 0 Å². The Morgan fingerprint density at radius 1 is 1.27 bits per heavy atom. The largest absolute Gasteiger partial charge is 0.497 e. The Kier molecular flexibility index (Phi) is 5.85. The van der Waals surface area contributed by atoms with Gasteiger partial charge in [-0.1, -0.05) is 23.7 Å². The molecule has 0 saturated carbocycles. The number of amides is 1. The zero-order valence-corrected chi connectivity index (χ0v) is 15.5. The van der Waals surface area contributed by atoms with Gasteiger partial charge in [0.05, 0.1) is 34.9 Å². The SMILES string of the molecule is COc1ccc(NC(=O)Cc2csc(Cc3ccc(F)cc3)n2)c(Cl)c1. The molecule has 134 valence electrons. The highest BCUT2D eigenvalue weighted by atomic mass is 35.5. The van der Waals surface area contributed by atoms with E-state index in [1.54, 1.807) is 37.4 Å². The second-order valence-corrected chi connectivity index (χ2v) is 6.96. The maximum absolute atomic E-state index is 12.9. The molecule has 26 heavy (non-hydrogen) atoms. The van der Waals surface area contributed by atoms with Crippen molar-refractivity contribution in [2.75, 3.05) is 12.4 Å². The van der Waals surface area contributed by atoms with Gasteiger partial charge in [-0.3, -0.25) is 4.79 Å². The summed E-state index contributed by atoms with van der Waals surface area (Å²) in [6.07, 6.45) is 0.763. The summed E-state index contributed by atoms with van der Waals surface area (Å²) in [5.41, 5.74) is 2.19. The van der Waals surface area contributed by atoms with E-state index in [-0.39, 0.29) is 18.1 Å².